The third-order valence-corrected chi connectivity index (χ3v) is 3.26. The molecule has 2 aromatic rings. The number of amides is 1. The molecule has 3 N–H and O–H groups in total. The average molecular weight is 251 g/mol. The number of anilines is 1. The van der Waals surface area contributed by atoms with Gasteiger partial charge in [-0.25, -0.2) is 0 Å². The first kappa shape index (κ1) is 11.6. The van der Waals surface area contributed by atoms with Crippen LogP contribution in [-0.4, -0.2) is 20.7 Å². The van der Waals surface area contributed by atoms with Gasteiger partial charge in [-0.3, -0.25) is 4.79 Å². The number of nitrogens with one attached hydrogen (secondary N) is 1. The minimum atomic E-state index is -0.114. The molecule has 0 aliphatic rings. The molecule has 0 radical (unpaired) electrons. The summed E-state index contributed by atoms with van der Waals surface area (Å²) in [6, 6.07) is 1.79. The van der Waals surface area contributed by atoms with Crippen LogP contribution in [0.1, 0.15) is 21.1 Å². The van der Waals surface area contributed by atoms with E-state index in [1.807, 2.05) is 24.7 Å². The van der Waals surface area contributed by atoms with Crippen LogP contribution in [0, 0.1) is 6.92 Å². The minimum absolute atomic E-state index is 0.114. The molecular formula is C10H13N5OS. The zero-order valence-corrected chi connectivity index (χ0v) is 10.4. The van der Waals surface area contributed by atoms with Gasteiger partial charge in [0.25, 0.3) is 5.91 Å². The number of carbonyl (C=O) groups is 1. The van der Waals surface area contributed by atoms with Crippen molar-refractivity contribution in [2.75, 3.05) is 5.73 Å². The van der Waals surface area contributed by atoms with E-state index in [2.05, 4.69) is 15.5 Å². The smallest absolute Gasteiger partial charge is 0.253 e. The van der Waals surface area contributed by atoms with E-state index in [-0.39, 0.29) is 5.91 Å². The molecular weight excluding hydrogens is 238 g/mol. The second-order valence-corrected chi connectivity index (χ2v) is 4.74. The molecule has 0 fully saturated rings. The molecule has 0 atom stereocenters. The van der Waals surface area contributed by atoms with Crippen molar-refractivity contribution in [3.8, 4) is 0 Å². The van der Waals surface area contributed by atoms with Gasteiger partial charge in [-0.2, -0.15) is 0 Å². The second-order valence-electron chi connectivity index (χ2n) is 3.64. The lowest BCUT2D eigenvalue weighted by Crippen LogP contribution is -2.23. The summed E-state index contributed by atoms with van der Waals surface area (Å²) in [5.41, 5.74) is 7.05. The van der Waals surface area contributed by atoms with Gasteiger partial charge in [0.15, 0.2) is 0 Å². The Morgan fingerprint density at radius 3 is 2.88 bits per heavy atom. The van der Waals surface area contributed by atoms with Crippen molar-refractivity contribution in [1.29, 1.82) is 0 Å². The van der Waals surface area contributed by atoms with E-state index in [9.17, 15) is 4.79 Å². The maximum absolute atomic E-state index is 11.9. The molecule has 7 heteroatoms. The first-order chi connectivity index (χ1) is 8.08. The summed E-state index contributed by atoms with van der Waals surface area (Å²) in [7, 11) is 1.90. The summed E-state index contributed by atoms with van der Waals surface area (Å²) >= 11 is 1.27. The van der Waals surface area contributed by atoms with Crippen LogP contribution in [0.25, 0.3) is 0 Å². The highest BCUT2D eigenvalue weighted by atomic mass is 32.1. The number of aryl methyl sites for hydroxylation is 1. The lowest BCUT2D eigenvalue weighted by molar-refractivity contribution is 0.0950. The Hall–Kier alpha value is -1.89. The summed E-state index contributed by atoms with van der Waals surface area (Å²) in [4.78, 5) is 11.9. The standard InChI is InChI=1S/C10H13N5OS/c1-6-7(3-4-15(6)2)9(16)12-5-8-13-14-10(11)17-8/h3-4H,5H2,1-2H3,(H2,11,14)(H,12,16). The maximum Gasteiger partial charge on any atom is 0.253 e. The van der Waals surface area contributed by atoms with Crippen LogP contribution in [0.2, 0.25) is 0 Å². The monoisotopic (exact) mass is 251 g/mol. The number of carbonyl (C=O) groups excluding carboxylic acids is 1. The van der Waals surface area contributed by atoms with E-state index < -0.39 is 0 Å². The summed E-state index contributed by atoms with van der Waals surface area (Å²) < 4.78 is 1.90. The summed E-state index contributed by atoms with van der Waals surface area (Å²) in [5.74, 6) is -0.114. The zero-order valence-electron chi connectivity index (χ0n) is 9.60. The molecule has 0 bridgehead atoms. The highest BCUT2D eigenvalue weighted by Gasteiger charge is 2.11. The highest BCUT2D eigenvalue weighted by Crippen LogP contribution is 2.11. The Labute approximate surface area is 102 Å². The Balaban J connectivity index is 2.00. The third kappa shape index (κ3) is 2.44. The van der Waals surface area contributed by atoms with E-state index in [1.165, 1.54) is 11.3 Å². The number of nitrogen functional groups attached to an aromatic ring is 1. The number of nitrogens with zero attached hydrogens (tertiary/aromatic N) is 3. The van der Waals surface area contributed by atoms with Crippen molar-refractivity contribution in [2.45, 2.75) is 13.5 Å². The Bertz CT molecular complexity index is 545. The fourth-order valence-corrected chi connectivity index (χ4v) is 1.99. The number of aromatic nitrogens is 3. The van der Waals surface area contributed by atoms with Crippen molar-refractivity contribution in [1.82, 2.24) is 20.1 Å². The Morgan fingerprint density at radius 1 is 1.59 bits per heavy atom. The van der Waals surface area contributed by atoms with E-state index in [4.69, 9.17) is 5.73 Å². The van der Waals surface area contributed by atoms with Crippen LogP contribution in [0.3, 0.4) is 0 Å². The molecule has 0 unspecified atom stereocenters. The summed E-state index contributed by atoms with van der Waals surface area (Å²) in [6.45, 7) is 2.25. The van der Waals surface area contributed by atoms with Gasteiger partial charge >= 0.3 is 0 Å². The highest BCUT2D eigenvalue weighted by molar-refractivity contribution is 7.15. The number of hydrogen-bond acceptors (Lipinski definition) is 5. The largest absolute Gasteiger partial charge is 0.374 e. The fourth-order valence-electron chi connectivity index (χ4n) is 1.44. The van der Waals surface area contributed by atoms with Crippen LogP contribution >= 0.6 is 11.3 Å². The van der Waals surface area contributed by atoms with Crippen molar-refractivity contribution in [3.05, 3.63) is 28.5 Å². The molecule has 2 aromatic heterocycles. The summed E-state index contributed by atoms with van der Waals surface area (Å²) in [5, 5.41) is 11.4. The average Bonchev–Trinajstić information content (AvgIpc) is 2.84. The van der Waals surface area contributed by atoms with Crippen LogP contribution < -0.4 is 11.1 Å². The molecule has 0 aliphatic carbocycles. The Kier molecular flexibility index (Phi) is 3.10. The molecule has 0 saturated carbocycles. The van der Waals surface area contributed by atoms with Crippen LogP contribution in [0.5, 0.6) is 0 Å². The number of rotatable bonds is 3. The minimum Gasteiger partial charge on any atom is -0.374 e. The predicted molar refractivity (Wildman–Crippen MR) is 65.6 cm³/mol. The van der Waals surface area contributed by atoms with Crippen molar-refractivity contribution in [2.24, 2.45) is 7.05 Å². The summed E-state index contributed by atoms with van der Waals surface area (Å²) in [6.07, 6.45) is 1.85. The molecule has 6 nitrogen and oxygen atoms in total. The molecule has 2 rings (SSSR count). The van der Waals surface area contributed by atoms with Gasteiger partial charge < -0.3 is 15.6 Å². The Morgan fingerprint density at radius 2 is 2.35 bits per heavy atom. The van der Waals surface area contributed by atoms with Gasteiger partial charge in [0, 0.05) is 18.9 Å². The molecule has 0 saturated heterocycles. The van der Waals surface area contributed by atoms with Crippen molar-refractivity contribution >= 4 is 22.4 Å². The first-order valence-corrected chi connectivity index (χ1v) is 5.87. The lowest BCUT2D eigenvalue weighted by Gasteiger charge is -2.03. The maximum atomic E-state index is 11.9. The van der Waals surface area contributed by atoms with Gasteiger partial charge in [-0.05, 0) is 13.0 Å². The first-order valence-electron chi connectivity index (χ1n) is 5.06. The quantitative estimate of drug-likeness (QED) is 0.840. The van der Waals surface area contributed by atoms with Gasteiger partial charge in [0.05, 0.1) is 12.1 Å². The van der Waals surface area contributed by atoms with Crippen LogP contribution in [-0.2, 0) is 13.6 Å². The van der Waals surface area contributed by atoms with E-state index >= 15 is 0 Å². The van der Waals surface area contributed by atoms with E-state index in [1.54, 1.807) is 6.07 Å². The van der Waals surface area contributed by atoms with Gasteiger partial charge in [-0.15, -0.1) is 10.2 Å². The normalized spacial score (nSPS) is 10.5. The van der Waals surface area contributed by atoms with E-state index in [0.29, 0.717) is 22.2 Å². The lowest BCUT2D eigenvalue weighted by atomic mass is 10.2. The van der Waals surface area contributed by atoms with E-state index in [0.717, 1.165) is 5.69 Å². The van der Waals surface area contributed by atoms with Gasteiger partial charge in [-0.1, -0.05) is 11.3 Å². The van der Waals surface area contributed by atoms with Crippen molar-refractivity contribution in [3.63, 3.8) is 0 Å². The number of hydrogen-bond donors (Lipinski definition) is 2. The predicted octanol–water partition coefficient (Wildman–Crippen LogP) is 0.697. The zero-order chi connectivity index (χ0) is 12.4. The molecule has 90 valence electrons. The third-order valence-electron chi connectivity index (χ3n) is 2.51. The molecule has 0 aliphatic heterocycles. The van der Waals surface area contributed by atoms with Crippen LogP contribution in [0.4, 0.5) is 5.13 Å². The van der Waals surface area contributed by atoms with Crippen molar-refractivity contribution < 1.29 is 4.79 Å². The molecule has 17 heavy (non-hydrogen) atoms. The fraction of sp³-hybridized carbons (Fsp3) is 0.300. The topological polar surface area (TPSA) is 85.8 Å². The van der Waals surface area contributed by atoms with Crippen LogP contribution in [0.15, 0.2) is 12.3 Å². The molecule has 2 heterocycles. The molecule has 0 aromatic carbocycles. The van der Waals surface area contributed by atoms with Gasteiger partial charge in [0.1, 0.15) is 5.01 Å². The molecule has 1 amide bonds. The SMILES string of the molecule is Cc1c(C(=O)NCc2nnc(N)s2)ccn1C. The molecule has 0 spiro atoms. The second kappa shape index (κ2) is 4.54. The number of nitrogens with two attached hydrogens (primary N) is 1. The van der Waals surface area contributed by atoms with Gasteiger partial charge in [0.2, 0.25) is 5.13 Å².